The van der Waals surface area contributed by atoms with Gasteiger partial charge in [-0.05, 0) is 33.6 Å². The largest absolute Gasteiger partial charge is 0.449 e. The molecule has 0 bridgehead atoms. The van der Waals surface area contributed by atoms with Gasteiger partial charge in [-0.15, -0.1) is 0 Å². The Hall–Kier alpha value is -1.47. The average molecular weight is 372 g/mol. The number of rotatable bonds is 11. The van der Waals surface area contributed by atoms with E-state index in [9.17, 15) is 4.79 Å². The van der Waals surface area contributed by atoms with Crippen LogP contribution in [-0.4, -0.2) is 68.9 Å². The first kappa shape index (κ1) is 22.6. The molecule has 1 fully saturated rings. The summed E-state index contributed by atoms with van der Waals surface area (Å²) in [5.74, 6) is 3.47. The standard InChI is InChI=1S/C18H28O8/c1-5-21-16(22-6-2)15(20)12-14-13-25-18(26-14,10-9-11-19)17(23-7-3)24-8-4/h12,16-17,19H,5-8,11,13H2,1-4H3/b14-12-. The summed E-state index contributed by atoms with van der Waals surface area (Å²) in [6.45, 7) is 8.09. The van der Waals surface area contributed by atoms with Crippen LogP contribution in [0.25, 0.3) is 0 Å². The van der Waals surface area contributed by atoms with Gasteiger partial charge in [0, 0.05) is 32.5 Å². The molecule has 1 aliphatic rings. The van der Waals surface area contributed by atoms with Crippen molar-refractivity contribution in [2.45, 2.75) is 46.1 Å². The summed E-state index contributed by atoms with van der Waals surface area (Å²) >= 11 is 0. The lowest BCUT2D eigenvalue weighted by Crippen LogP contribution is -2.46. The van der Waals surface area contributed by atoms with Crippen LogP contribution in [0.15, 0.2) is 11.8 Å². The highest BCUT2D eigenvalue weighted by Gasteiger charge is 2.48. The van der Waals surface area contributed by atoms with Crippen molar-refractivity contribution in [2.75, 3.05) is 39.6 Å². The highest BCUT2D eigenvalue weighted by Crippen LogP contribution is 2.31. The molecule has 1 unspecified atom stereocenters. The maximum absolute atomic E-state index is 12.3. The zero-order valence-electron chi connectivity index (χ0n) is 15.8. The van der Waals surface area contributed by atoms with E-state index in [1.807, 2.05) is 0 Å². The maximum atomic E-state index is 12.3. The Bertz CT molecular complexity index is 509. The number of carbonyl (C=O) groups is 1. The van der Waals surface area contributed by atoms with Crippen LogP contribution in [0.4, 0.5) is 0 Å². The van der Waals surface area contributed by atoms with Gasteiger partial charge in [0.15, 0.2) is 0 Å². The van der Waals surface area contributed by atoms with Crippen LogP contribution in [0.1, 0.15) is 27.7 Å². The van der Waals surface area contributed by atoms with Crippen molar-refractivity contribution in [2.24, 2.45) is 0 Å². The van der Waals surface area contributed by atoms with Crippen LogP contribution in [0.3, 0.4) is 0 Å². The van der Waals surface area contributed by atoms with Crippen molar-refractivity contribution in [1.82, 2.24) is 0 Å². The van der Waals surface area contributed by atoms with Crippen LogP contribution < -0.4 is 0 Å². The van der Waals surface area contributed by atoms with E-state index in [4.69, 9.17) is 33.5 Å². The lowest BCUT2D eigenvalue weighted by atomic mass is 10.2. The summed E-state index contributed by atoms with van der Waals surface area (Å²) in [6, 6.07) is 0. The molecular weight excluding hydrogens is 344 g/mol. The predicted molar refractivity (Wildman–Crippen MR) is 91.8 cm³/mol. The van der Waals surface area contributed by atoms with Crippen molar-refractivity contribution >= 4 is 5.78 Å². The maximum Gasteiger partial charge on any atom is 0.328 e. The lowest BCUT2D eigenvalue weighted by molar-refractivity contribution is -0.280. The van der Waals surface area contributed by atoms with Gasteiger partial charge in [-0.2, -0.15) is 0 Å². The van der Waals surface area contributed by atoms with Crippen molar-refractivity contribution in [1.29, 1.82) is 0 Å². The fourth-order valence-corrected chi connectivity index (χ4v) is 2.21. The Kier molecular flexibility index (Phi) is 10.4. The SMILES string of the molecule is CCOC(OCC)C(=O)/C=C1/COC(C#CCO)(C(OCC)OCC)O1. The molecule has 0 amide bonds. The fourth-order valence-electron chi connectivity index (χ4n) is 2.21. The van der Waals surface area contributed by atoms with E-state index in [0.717, 1.165) is 0 Å². The van der Waals surface area contributed by atoms with E-state index in [0.29, 0.717) is 26.4 Å². The highest BCUT2D eigenvalue weighted by atomic mass is 16.8. The van der Waals surface area contributed by atoms with Gasteiger partial charge in [-0.25, -0.2) is 0 Å². The molecule has 0 saturated carbocycles. The number of hydrogen-bond donors (Lipinski definition) is 1. The Morgan fingerprint density at radius 1 is 1.15 bits per heavy atom. The zero-order valence-corrected chi connectivity index (χ0v) is 15.8. The second kappa shape index (κ2) is 12.0. The third-order valence-corrected chi connectivity index (χ3v) is 3.17. The number of hydrogen-bond acceptors (Lipinski definition) is 8. The molecule has 0 aliphatic carbocycles. The summed E-state index contributed by atoms with van der Waals surface area (Å²) in [5, 5.41) is 9.02. The zero-order chi connectivity index (χ0) is 19.4. The topological polar surface area (TPSA) is 92.7 Å². The van der Waals surface area contributed by atoms with E-state index in [1.54, 1.807) is 27.7 Å². The molecule has 0 aromatic rings. The lowest BCUT2D eigenvalue weighted by Gasteiger charge is -2.29. The molecule has 0 radical (unpaired) electrons. The van der Waals surface area contributed by atoms with E-state index in [2.05, 4.69) is 11.8 Å². The van der Waals surface area contributed by atoms with Gasteiger partial charge in [-0.3, -0.25) is 4.79 Å². The van der Waals surface area contributed by atoms with Gasteiger partial charge in [0.25, 0.3) is 0 Å². The minimum Gasteiger partial charge on any atom is -0.449 e. The highest BCUT2D eigenvalue weighted by molar-refractivity contribution is 5.93. The molecule has 26 heavy (non-hydrogen) atoms. The van der Waals surface area contributed by atoms with Gasteiger partial charge < -0.3 is 33.5 Å². The normalized spacial score (nSPS) is 21.1. The Morgan fingerprint density at radius 2 is 1.73 bits per heavy atom. The number of aliphatic hydroxyl groups is 1. The smallest absolute Gasteiger partial charge is 0.328 e. The van der Waals surface area contributed by atoms with Crippen LogP contribution in [0, 0.1) is 11.8 Å². The molecule has 0 spiro atoms. The van der Waals surface area contributed by atoms with Crippen LogP contribution in [0.2, 0.25) is 0 Å². The second-order valence-corrected chi connectivity index (χ2v) is 5.02. The van der Waals surface area contributed by atoms with Crippen LogP contribution in [0.5, 0.6) is 0 Å². The molecule has 0 aromatic heterocycles. The Labute approximate surface area is 154 Å². The molecule has 148 valence electrons. The summed E-state index contributed by atoms with van der Waals surface area (Å²) in [4.78, 5) is 12.3. The first-order chi connectivity index (χ1) is 12.6. The van der Waals surface area contributed by atoms with Crippen molar-refractivity contribution in [3.05, 3.63) is 11.8 Å². The Morgan fingerprint density at radius 3 is 2.23 bits per heavy atom. The summed E-state index contributed by atoms with van der Waals surface area (Å²) in [6.07, 6.45) is -0.686. The predicted octanol–water partition coefficient (Wildman–Crippen LogP) is 0.976. The van der Waals surface area contributed by atoms with E-state index < -0.39 is 24.2 Å². The molecule has 1 heterocycles. The molecule has 1 rings (SSSR count). The molecule has 8 nitrogen and oxygen atoms in total. The first-order valence-electron chi connectivity index (χ1n) is 8.71. The molecule has 1 atom stereocenters. The number of ketones is 1. The molecule has 1 saturated heterocycles. The van der Waals surface area contributed by atoms with Crippen molar-refractivity contribution in [3.8, 4) is 11.8 Å². The average Bonchev–Trinajstić information content (AvgIpc) is 3.03. The van der Waals surface area contributed by atoms with Crippen LogP contribution in [-0.2, 0) is 33.2 Å². The molecule has 8 heteroatoms. The van der Waals surface area contributed by atoms with E-state index >= 15 is 0 Å². The number of carbonyl (C=O) groups excluding carboxylic acids is 1. The van der Waals surface area contributed by atoms with Crippen molar-refractivity contribution < 1.29 is 38.3 Å². The molecule has 1 aliphatic heterocycles. The van der Waals surface area contributed by atoms with Gasteiger partial charge in [-0.1, -0.05) is 5.92 Å². The van der Waals surface area contributed by atoms with E-state index in [-0.39, 0.29) is 19.0 Å². The van der Waals surface area contributed by atoms with Gasteiger partial charge >= 0.3 is 5.79 Å². The van der Waals surface area contributed by atoms with Crippen molar-refractivity contribution in [3.63, 3.8) is 0 Å². The van der Waals surface area contributed by atoms with Crippen LogP contribution >= 0.6 is 0 Å². The summed E-state index contributed by atoms with van der Waals surface area (Å²) in [5.41, 5.74) is 0. The summed E-state index contributed by atoms with van der Waals surface area (Å²) < 4.78 is 33.0. The van der Waals surface area contributed by atoms with Gasteiger partial charge in [0.05, 0.1) is 0 Å². The van der Waals surface area contributed by atoms with Gasteiger partial charge in [0.2, 0.25) is 18.4 Å². The number of aliphatic hydroxyl groups excluding tert-OH is 1. The third kappa shape index (κ3) is 6.36. The molecule has 0 aromatic carbocycles. The quantitative estimate of drug-likeness (QED) is 0.326. The first-order valence-corrected chi connectivity index (χ1v) is 8.71. The minimum atomic E-state index is -1.56. The molecular formula is C18H28O8. The Balaban J connectivity index is 3.00. The monoisotopic (exact) mass is 372 g/mol. The minimum absolute atomic E-state index is 0.00648. The third-order valence-electron chi connectivity index (χ3n) is 3.17. The van der Waals surface area contributed by atoms with E-state index in [1.165, 1.54) is 6.08 Å². The molecule has 1 N–H and O–H groups in total. The fraction of sp³-hybridized carbons (Fsp3) is 0.722. The summed E-state index contributed by atoms with van der Waals surface area (Å²) in [7, 11) is 0. The number of ether oxygens (including phenoxy) is 6. The second-order valence-electron chi connectivity index (χ2n) is 5.02. The van der Waals surface area contributed by atoms with Gasteiger partial charge in [0.1, 0.15) is 19.0 Å².